The largest absolute Gasteiger partial charge is 0.497 e. The third-order valence-corrected chi connectivity index (χ3v) is 3.81. The Morgan fingerprint density at radius 1 is 1.29 bits per heavy atom. The van der Waals surface area contributed by atoms with Crippen LogP contribution in [0.3, 0.4) is 0 Å². The molecule has 2 heteroatoms. The topological polar surface area (TPSA) is 26.3 Å². The highest BCUT2D eigenvalue weighted by Gasteiger charge is 2.29. The summed E-state index contributed by atoms with van der Waals surface area (Å²) in [5.74, 6) is 1.37. The zero-order chi connectivity index (χ0) is 12.9. The lowest BCUT2D eigenvalue weighted by atomic mass is 9.70. The molecule has 17 heavy (non-hydrogen) atoms. The van der Waals surface area contributed by atoms with Crippen LogP contribution in [-0.4, -0.2) is 13.4 Å². The minimum atomic E-state index is 0.0488. The van der Waals surface area contributed by atoms with Crippen LogP contribution >= 0.6 is 0 Å². The third kappa shape index (κ3) is 3.09. The first kappa shape index (κ1) is 13.8. The van der Waals surface area contributed by atoms with Crippen LogP contribution in [0.5, 0.6) is 5.75 Å². The van der Waals surface area contributed by atoms with Gasteiger partial charge in [-0.1, -0.05) is 32.9 Å². The van der Waals surface area contributed by atoms with Crippen LogP contribution in [0.2, 0.25) is 0 Å². The number of hydrogen-bond donors (Lipinski definition) is 0. The summed E-state index contributed by atoms with van der Waals surface area (Å²) in [7, 11) is 1.67. The first-order chi connectivity index (χ1) is 8.04. The lowest BCUT2D eigenvalue weighted by molar-refractivity contribution is -0.108. The Balaban J connectivity index is 2.99. The molecular weight excluding hydrogens is 212 g/mol. The van der Waals surface area contributed by atoms with Gasteiger partial charge in [-0.15, -0.1) is 0 Å². The molecule has 0 heterocycles. The highest BCUT2D eigenvalue weighted by Crippen LogP contribution is 2.36. The van der Waals surface area contributed by atoms with Crippen LogP contribution < -0.4 is 4.74 Å². The van der Waals surface area contributed by atoms with Crippen molar-refractivity contribution in [1.29, 1.82) is 0 Å². The lowest BCUT2D eigenvalue weighted by Gasteiger charge is -2.34. The molecule has 2 nitrogen and oxygen atoms in total. The zero-order valence-corrected chi connectivity index (χ0v) is 11.2. The van der Waals surface area contributed by atoms with E-state index >= 15 is 0 Å². The van der Waals surface area contributed by atoms with E-state index in [1.165, 1.54) is 5.56 Å². The van der Waals surface area contributed by atoms with E-state index in [2.05, 4.69) is 32.9 Å². The van der Waals surface area contributed by atoms with Crippen molar-refractivity contribution >= 4 is 6.29 Å². The number of carbonyl (C=O) groups excluding carboxylic acids is 1. The standard InChI is InChI=1S/C15H22O2/c1-12(2)15(3,10-5-11-16)13-6-8-14(17-4)9-7-13/h6-9,11-12H,5,10H2,1-4H3. The average Bonchev–Trinajstić information content (AvgIpc) is 2.35. The van der Waals surface area contributed by atoms with Crippen LogP contribution in [0.25, 0.3) is 0 Å². The van der Waals surface area contributed by atoms with Gasteiger partial charge in [0.05, 0.1) is 7.11 Å². The molecule has 0 saturated heterocycles. The second kappa shape index (κ2) is 5.85. The van der Waals surface area contributed by atoms with Gasteiger partial charge in [0.25, 0.3) is 0 Å². The van der Waals surface area contributed by atoms with Gasteiger partial charge in [-0.3, -0.25) is 0 Å². The minimum absolute atomic E-state index is 0.0488. The van der Waals surface area contributed by atoms with E-state index in [0.717, 1.165) is 18.5 Å². The molecule has 0 aliphatic rings. The van der Waals surface area contributed by atoms with E-state index in [-0.39, 0.29) is 5.41 Å². The predicted molar refractivity (Wildman–Crippen MR) is 70.5 cm³/mol. The smallest absolute Gasteiger partial charge is 0.120 e. The molecule has 1 aromatic carbocycles. The van der Waals surface area contributed by atoms with Crippen molar-refractivity contribution in [3.05, 3.63) is 29.8 Å². The Bertz CT molecular complexity index is 354. The second-order valence-corrected chi connectivity index (χ2v) is 5.01. The summed E-state index contributed by atoms with van der Waals surface area (Å²) in [6.45, 7) is 6.63. The molecule has 0 aliphatic heterocycles. The minimum Gasteiger partial charge on any atom is -0.497 e. The SMILES string of the molecule is COc1ccc(C(C)(CCC=O)C(C)C)cc1. The molecule has 0 bridgehead atoms. The van der Waals surface area contributed by atoms with Crippen molar-refractivity contribution in [3.8, 4) is 5.75 Å². The molecule has 0 saturated carbocycles. The van der Waals surface area contributed by atoms with Crippen LogP contribution in [0, 0.1) is 5.92 Å². The summed E-state index contributed by atoms with van der Waals surface area (Å²) in [6, 6.07) is 8.17. The normalized spacial score (nSPS) is 14.4. The number of aldehydes is 1. The zero-order valence-electron chi connectivity index (χ0n) is 11.2. The number of benzene rings is 1. The summed E-state index contributed by atoms with van der Waals surface area (Å²) < 4.78 is 5.17. The van der Waals surface area contributed by atoms with Gasteiger partial charge in [0.1, 0.15) is 12.0 Å². The van der Waals surface area contributed by atoms with Gasteiger partial charge in [0, 0.05) is 6.42 Å². The van der Waals surface area contributed by atoms with E-state index in [1.54, 1.807) is 7.11 Å². The Kier molecular flexibility index (Phi) is 4.73. The molecule has 0 fully saturated rings. The first-order valence-corrected chi connectivity index (χ1v) is 6.12. The quantitative estimate of drug-likeness (QED) is 0.703. The van der Waals surface area contributed by atoms with Gasteiger partial charge in [-0.25, -0.2) is 0 Å². The molecule has 0 aliphatic carbocycles. The van der Waals surface area contributed by atoms with E-state index in [1.807, 2.05) is 12.1 Å². The maximum absolute atomic E-state index is 10.6. The van der Waals surface area contributed by atoms with Gasteiger partial charge in [0.15, 0.2) is 0 Å². The third-order valence-electron chi connectivity index (χ3n) is 3.81. The summed E-state index contributed by atoms with van der Waals surface area (Å²) >= 11 is 0. The van der Waals surface area contributed by atoms with E-state index in [9.17, 15) is 4.79 Å². The molecule has 94 valence electrons. The Labute approximate surface area is 104 Å². The molecule has 0 amide bonds. The van der Waals surface area contributed by atoms with Crippen molar-refractivity contribution in [3.63, 3.8) is 0 Å². The van der Waals surface area contributed by atoms with E-state index in [0.29, 0.717) is 12.3 Å². The number of ether oxygens (including phenoxy) is 1. The fourth-order valence-electron chi connectivity index (χ4n) is 2.10. The lowest BCUT2D eigenvalue weighted by Crippen LogP contribution is -2.28. The molecule has 0 radical (unpaired) electrons. The van der Waals surface area contributed by atoms with Gasteiger partial charge in [-0.05, 0) is 35.4 Å². The maximum atomic E-state index is 10.6. The Morgan fingerprint density at radius 2 is 1.88 bits per heavy atom. The molecule has 0 aromatic heterocycles. The molecular formula is C15H22O2. The van der Waals surface area contributed by atoms with Crippen molar-refractivity contribution < 1.29 is 9.53 Å². The van der Waals surface area contributed by atoms with Crippen LogP contribution in [0.4, 0.5) is 0 Å². The molecule has 1 unspecified atom stereocenters. The summed E-state index contributed by atoms with van der Waals surface area (Å²) in [6.07, 6.45) is 2.51. The van der Waals surface area contributed by atoms with E-state index < -0.39 is 0 Å². The molecule has 0 spiro atoms. The second-order valence-electron chi connectivity index (χ2n) is 5.01. The highest BCUT2D eigenvalue weighted by atomic mass is 16.5. The fraction of sp³-hybridized carbons (Fsp3) is 0.533. The summed E-state index contributed by atoms with van der Waals surface area (Å²) in [5.41, 5.74) is 1.32. The Morgan fingerprint density at radius 3 is 2.29 bits per heavy atom. The number of carbonyl (C=O) groups is 1. The van der Waals surface area contributed by atoms with Crippen molar-refractivity contribution in [2.45, 2.75) is 39.0 Å². The van der Waals surface area contributed by atoms with Crippen molar-refractivity contribution in [2.24, 2.45) is 5.92 Å². The first-order valence-electron chi connectivity index (χ1n) is 6.12. The van der Waals surface area contributed by atoms with Gasteiger partial charge in [0.2, 0.25) is 0 Å². The Hall–Kier alpha value is -1.31. The number of hydrogen-bond acceptors (Lipinski definition) is 2. The van der Waals surface area contributed by atoms with Crippen molar-refractivity contribution in [1.82, 2.24) is 0 Å². The van der Waals surface area contributed by atoms with Gasteiger partial charge >= 0.3 is 0 Å². The summed E-state index contributed by atoms with van der Waals surface area (Å²) in [5, 5.41) is 0. The summed E-state index contributed by atoms with van der Waals surface area (Å²) in [4.78, 5) is 10.6. The van der Waals surface area contributed by atoms with Crippen LogP contribution in [0.1, 0.15) is 39.2 Å². The number of rotatable bonds is 6. The van der Waals surface area contributed by atoms with Gasteiger partial charge < -0.3 is 9.53 Å². The molecule has 1 aromatic rings. The van der Waals surface area contributed by atoms with E-state index in [4.69, 9.17) is 4.74 Å². The molecule has 0 N–H and O–H groups in total. The fourth-order valence-corrected chi connectivity index (χ4v) is 2.10. The average molecular weight is 234 g/mol. The monoisotopic (exact) mass is 234 g/mol. The number of methoxy groups -OCH3 is 1. The maximum Gasteiger partial charge on any atom is 0.120 e. The van der Waals surface area contributed by atoms with Crippen LogP contribution in [0.15, 0.2) is 24.3 Å². The predicted octanol–water partition coefficient (Wildman–Crippen LogP) is 3.59. The molecule has 1 atom stereocenters. The molecule has 1 rings (SSSR count). The highest BCUT2D eigenvalue weighted by molar-refractivity contribution is 5.49. The van der Waals surface area contributed by atoms with Crippen LogP contribution in [-0.2, 0) is 10.2 Å². The van der Waals surface area contributed by atoms with Crippen molar-refractivity contribution in [2.75, 3.05) is 7.11 Å². The van der Waals surface area contributed by atoms with Gasteiger partial charge in [-0.2, -0.15) is 0 Å².